The zero-order valence-electron chi connectivity index (χ0n) is 10.6. The third kappa shape index (κ3) is 2.26. The molecule has 1 aromatic heterocycles. The Balaban J connectivity index is 2.10. The number of pyridine rings is 1. The SMILES string of the molecule is O=C(O)c1cnc2ccccc2c1NC1CCCC1. The van der Waals surface area contributed by atoms with Gasteiger partial charge in [-0.2, -0.15) is 0 Å². The van der Waals surface area contributed by atoms with Gasteiger partial charge in [-0.25, -0.2) is 4.79 Å². The summed E-state index contributed by atoms with van der Waals surface area (Å²) in [6.45, 7) is 0. The summed E-state index contributed by atoms with van der Waals surface area (Å²) >= 11 is 0. The Hall–Kier alpha value is -2.10. The molecule has 0 radical (unpaired) electrons. The van der Waals surface area contributed by atoms with Crippen molar-refractivity contribution in [3.05, 3.63) is 36.0 Å². The zero-order valence-corrected chi connectivity index (χ0v) is 10.6. The molecule has 2 aromatic rings. The number of hydrogen-bond donors (Lipinski definition) is 2. The quantitative estimate of drug-likeness (QED) is 0.884. The van der Waals surface area contributed by atoms with Gasteiger partial charge in [-0.3, -0.25) is 4.98 Å². The lowest BCUT2D eigenvalue weighted by Crippen LogP contribution is -2.17. The molecule has 98 valence electrons. The van der Waals surface area contributed by atoms with Gasteiger partial charge in [-0.05, 0) is 18.9 Å². The highest BCUT2D eigenvalue weighted by Gasteiger charge is 2.20. The fraction of sp³-hybridized carbons (Fsp3) is 0.333. The van der Waals surface area contributed by atoms with Gasteiger partial charge in [0.05, 0.1) is 11.2 Å². The summed E-state index contributed by atoms with van der Waals surface area (Å²) in [6.07, 6.45) is 6.08. The van der Waals surface area contributed by atoms with Crippen molar-refractivity contribution in [1.29, 1.82) is 0 Å². The number of anilines is 1. The first-order chi connectivity index (χ1) is 9.25. The molecular weight excluding hydrogens is 240 g/mol. The van der Waals surface area contributed by atoms with Gasteiger partial charge < -0.3 is 10.4 Å². The predicted octanol–water partition coefficient (Wildman–Crippen LogP) is 3.29. The van der Waals surface area contributed by atoms with Crippen molar-refractivity contribution in [3.63, 3.8) is 0 Å². The standard InChI is InChI=1S/C15H16N2O2/c18-15(19)12-9-16-13-8-4-3-7-11(13)14(12)17-10-5-1-2-6-10/h3-4,7-10H,1-2,5-6H2,(H,16,17)(H,18,19). The Morgan fingerprint density at radius 1 is 1.26 bits per heavy atom. The molecule has 1 saturated carbocycles. The minimum absolute atomic E-state index is 0.255. The third-order valence-corrected chi connectivity index (χ3v) is 3.71. The molecule has 4 heteroatoms. The molecule has 0 bridgehead atoms. The number of hydrogen-bond acceptors (Lipinski definition) is 3. The van der Waals surface area contributed by atoms with E-state index in [2.05, 4.69) is 10.3 Å². The average molecular weight is 256 g/mol. The fourth-order valence-corrected chi connectivity index (χ4v) is 2.73. The van der Waals surface area contributed by atoms with E-state index in [1.165, 1.54) is 19.0 Å². The van der Waals surface area contributed by atoms with E-state index in [-0.39, 0.29) is 5.56 Å². The van der Waals surface area contributed by atoms with Gasteiger partial charge in [0.2, 0.25) is 0 Å². The molecule has 1 aliphatic rings. The molecule has 1 heterocycles. The van der Waals surface area contributed by atoms with Crippen molar-refractivity contribution >= 4 is 22.6 Å². The molecule has 1 fully saturated rings. The molecule has 1 aromatic carbocycles. The number of carboxylic acids is 1. The van der Waals surface area contributed by atoms with Crippen molar-refractivity contribution in [1.82, 2.24) is 4.98 Å². The second-order valence-electron chi connectivity index (χ2n) is 4.99. The number of para-hydroxylation sites is 1. The van der Waals surface area contributed by atoms with Crippen LogP contribution < -0.4 is 5.32 Å². The van der Waals surface area contributed by atoms with E-state index < -0.39 is 5.97 Å². The maximum Gasteiger partial charge on any atom is 0.339 e. The average Bonchev–Trinajstić information content (AvgIpc) is 2.92. The Morgan fingerprint density at radius 3 is 2.74 bits per heavy atom. The molecule has 0 aliphatic heterocycles. The van der Waals surface area contributed by atoms with Gasteiger partial charge >= 0.3 is 5.97 Å². The summed E-state index contributed by atoms with van der Waals surface area (Å²) in [5, 5.41) is 13.6. The second kappa shape index (κ2) is 4.88. The molecule has 1 aliphatic carbocycles. The van der Waals surface area contributed by atoms with Crippen molar-refractivity contribution < 1.29 is 9.90 Å². The van der Waals surface area contributed by atoms with Crippen LogP contribution in [0.1, 0.15) is 36.0 Å². The molecule has 4 nitrogen and oxygen atoms in total. The van der Waals surface area contributed by atoms with E-state index in [4.69, 9.17) is 0 Å². The number of nitrogens with one attached hydrogen (secondary N) is 1. The lowest BCUT2D eigenvalue weighted by molar-refractivity contribution is 0.0697. The summed E-state index contributed by atoms with van der Waals surface area (Å²) in [4.78, 5) is 15.6. The van der Waals surface area contributed by atoms with Crippen molar-refractivity contribution in [3.8, 4) is 0 Å². The van der Waals surface area contributed by atoms with Gasteiger partial charge in [0.1, 0.15) is 5.56 Å². The summed E-state index contributed by atoms with van der Waals surface area (Å²) in [7, 11) is 0. The number of carbonyl (C=O) groups is 1. The van der Waals surface area contributed by atoms with Crippen molar-refractivity contribution in [2.24, 2.45) is 0 Å². The second-order valence-corrected chi connectivity index (χ2v) is 4.99. The summed E-state index contributed by atoms with van der Waals surface area (Å²) in [6, 6.07) is 8.03. The lowest BCUT2D eigenvalue weighted by Gasteiger charge is -2.17. The molecule has 2 N–H and O–H groups in total. The fourth-order valence-electron chi connectivity index (χ4n) is 2.73. The number of aromatic carboxylic acids is 1. The first kappa shape index (κ1) is 12.0. The van der Waals surface area contributed by atoms with Crippen LogP contribution in [0.3, 0.4) is 0 Å². The van der Waals surface area contributed by atoms with Crippen LogP contribution in [0.5, 0.6) is 0 Å². The Bertz CT molecular complexity index is 619. The largest absolute Gasteiger partial charge is 0.478 e. The molecule has 0 saturated heterocycles. The van der Waals surface area contributed by atoms with Gasteiger partial charge in [0, 0.05) is 17.6 Å². The van der Waals surface area contributed by atoms with Gasteiger partial charge in [0.25, 0.3) is 0 Å². The van der Waals surface area contributed by atoms with E-state index in [0.29, 0.717) is 11.7 Å². The van der Waals surface area contributed by atoms with E-state index in [0.717, 1.165) is 23.7 Å². The first-order valence-electron chi connectivity index (χ1n) is 6.63. The van der Waals surface area contributed by atoms with Gasteiger partial charge in [-0.1, -0.05) is 31.0 Å². The highest BCUT2D eigenvalue weighted by Crippen LogP contribution is 2.30. The van der Waals surface area contributed by atoms with E-state index in [1.54, 1.807) is 0 Å². The third-order valence-electron chi connectivity index (χ3n) is 3.71. The highest BCUT2D eigenvalue weighted by molar-refractivity contribution is 6.04. The number of carboxylic acid groups (broad SMARTS) is 1. The van der Waals surface area contributed by atoms with Crippen LogP contribution in [0.25, 0.3) is 10.9 Å². The smallest absolute Gasteiger partial charge is 0.339 e. The maximum absolute atomic E-state index is 11.4. The Kier molecular flexibility index (Phi) is 3.07. The Labute approximate surface area is 111 Å². The summed E-state index contributed by atoms with van der Waals surface area (Å²) < 4.78 is 0. The van der Waals surface area contributed by atoms with E-state index in [1.807, 2.05) is 24.3 Å². The summed E-state index contributed by atoms with van der Waals surface area (Å²) in [5.74, 6) is -0.932. The minimum Gasteiger partial charge on any atom is -0.478 e. The normalized spacial score (nSPS) is 15.8. The van der Waals surface area contributed by atoms with Gasteiger partial charge in [0.15, 0.2) is 0 Å². The lowest BCUT2D eigenvalue weighted by atomic mass is 10.1. The number of rotatable bonds is 3. The zero-order chi connectivity index (χ0) is 13.2. The molecule has 0 atom stereocenters. The van der Waals surface area contributed by atoms with Crippen molar-refractivity contribution in [2.75, 3.05) is 5.32 Å². The van der Waals surface area contributed by atoms with Crippen molar-refractivity contribution in [2.45, 2.75) is 31.7 Å². The van der Waals surface area contributed by atoms with Crippen LogP contribution in [-0.2, 0) is 0 Å². The van der Waals surface area contributed by atoms with Crippen LogP contribution in [0.15, 0.2) is 30.5 Å². The predicted molar refractivity (Wildman–Crippen MR) is 74.6 cm³/mol. The highest BCUT2D eigenvalue weighted by atomic mass is 16.4. The maximum atomic E-state index is 11.4. The summed E-state index contributed by atoms with van der Waals surface area (Å²) in [5.41, 5.74) is 1.79. The number of fused-ring (bicyclic) bond motifs is 1. The van der Waals surface area contributed by atoms with Gasteiger partial charge in [-0.15, -0.1) is 0 Å². The molecule has 0 amide bonds. The topological polar surface area (TPSA) is 62.2 Å². The van der Waals surface area contributed by atoms with Crippen LogP contribution >= 0.6 is 0 Å². The number of benzene rings is 1. The Morgan fingerprint density at radius 2 is 2.00 bits per heavy atom. The molecule has 19 heavy (non-hydrogen) atoms. The van der Waals surface area contributed by atoms with Crippen LogP contribution in [0, 0.1) is 0 Å². The molecule has 0 unspecified atom stereocenters. The van der Waals surface area contributed by atoms with E-state index in [9.17, 15) is 9.90 Å². The van der Waals surface area contributed by atoms with Crippen LogP contribution in [-0.4, -0.2) is 22.1 Å². The van der Waals surface area contributed by atoms with E-state index >= 15 is 0 Å². The number of aromatic nitrogens is 1. The van der Waals surface area contributed by atoms with Crippen LogP contribution in [0.4, 0.5) is 5.69 Å². The monoisotopic (exact) mass is 256 g/mol. The molecular formula is C15H16N2O2. The number of nitrogens with zero attached hydrogens (tertiary/aromatic N) is 1. The first-order valence-corrected chi connectivity index (χ1v) is 6.63. The van der Waals surface area contributed by atoms with Crippen LogP contribution in [0.2, 0.25) is 0 Å². The molecule has 0 spiro atoms. The molecule has 3 rings (SSSR count). The minimum atomic E-state index is -0.932.